The topological polar surface area (TPSA) is 54.6 Å². The molecular formula is C15H11F3N2O2. The Kier molecular flexibility index (Phi) is 4.77. The van der Waals surface area contributed by atoms with Crippen LogP contribution in [0.1, 0.15) is 21.7 Å². The van der Waals surface area contributed by atoms with Crippen molar-refractivity contribution in [1.29, 1.82) is 0 Å². The maximum atomic E-state index is 12.5. The number of allylic oxidation sites excluding steroid dienone is 1. The summed E-state index contributed by atoms with van der Waals surface area (Å²) in [6.07, 6.45) is 1.43. The van der Waals surface area contributed by atoms with Crippen molar-refractivity contribution in [3.8, 4) is 0 Å². The molecule has 0 bridgehead atoms. The Morgan fingerprint density at radius 3 is 2.73 bits per heavy atom. The summed E-state index contributed by atoms with van der Waals surface area (Å²) in [7, 11) is 0. The summed E-state index contributed by atoms with van der Waals surface area (Å²) >= 11 is 0. The number of nitrogens with zero attached hydrogens (tertiary/aromatic N) is 1. The quantitative estimate of drug-likeness (QED) is 0.691. The number of benzene rings is 1. The Bertz CT molecular complexity index is 689. The van der Waals surface area contributed by atoms with E-state index in [1.54, 1.807) is 18.2 Å². The van der Waals surface area contributed by atoms with Crippen LogP contribution in [0.25, 0.3) is 6.08 Å². The summed E-state index contributed by atoms with van der Waals surface area (Å²) in [6, 6.07) is 7.55. The second kappa shape index (κ2) is 6.75. The number of carbonyl (C=O) groups is 1. The van der Waals surface area contributed by atoms with E-state index in [1.807, 2.05) is 0 Å². The van der Waals surface area contributed by atoms with Gasteiger partial charge in [0.2, 0.25) is 0 Å². The van der Waals surface area contributed by atoms with Crippen molar-refractivity contribution in [2.45, 2.75) is 6.18 Å². The van der Waals surface area contributed by atoms with Crippen LogP contribution in [0.3, 0.4) is 0 Å². The third kappa shape index (κ3) is 4.34. The Hall–Kier alpha value is -2.83. The zero-order valence-corrected chi connectivity index (χ0v) is 11.2. The predicted octanol–water partition coefficient (Wildman–Crippen LogP) is 3.73. The van der Waals surface area contributed by atoms with Crippen molar-refractivity contribution < 1.29 is 22.4 Å². The first-order chi connectivity index (χ1) is 10.5. The Labute approximate surface area is 123 Å². The fraction of sp³-hybridized carbons (Fsp3) is 0.0667. The van der Waals surface area contributed by atoms with Crippen molar-refractivity contribution in [2.24, 2.45) is 5.10 Å². The SMILES string of the molecule is O=C(NN=CC=Cc1ccco1)c1cccc(C(F)(F)F)c1. The van der Waals surface area contributed by atoms with E-state index in [4.69, 9.17) is 4.42 Å². The van der Waals surface area contributed by atoms with Gasteiger partial charge in [0, 0.05) is 11.8 Å². The van der Waals surface area contributed by atoms with Crippen LogP contribution < -0.4 is 5.43 Å². The second-order valence-electron chi connectivity index (χ2n) is 4.17. The van der Waals surface area contributed by atoms with Crippen LogP contribution in [0.5, 0.6) is 0 Å². The molecule has 2 rings (SSSR count). The number of hydrogen-bond acceptors (Lipinski definition) is 3. The molecule has 1 aromatic heterocycles. The molecule has 0 unspecified atom stereocenters. The highest BCUT2D eigenvalue weighted by molar-refractivity contribution is 5.94. The highest BCUT2D eigenvalue weighted by Gasteiger charge is 2.30. The highest BCUT2D eigenvalue weighted by Crippen LogP contribution is 2.29. The van der Waals surface area contributed by atoms with E-state index in [0.717, 1.165) is 18.2 Å². The van der Waals surface area contributed by atoms with Crippen LogP contribution in [0.4, 0.5) is 13.2 Å². The van der Waals surface area contributed by atoms with Gasteiger partial charge >= 0.3 is 6.18 Å². The van der Waals surface area contributed by atoms with E-state index < -0.39 is 17.6 Å². The monoisotopic (exact) mass is 308 g/mol. The minimum absolute atomic E-state index is 0.123. The molecule has 1 heterocycles. The first-order valence-electron chi connectivity index (χ1n) is 6.17. The Balaban J connectivity index is 1.95. The molecule has 0 spiro atoms. The molecule has 0 saturated heterocycles. The maximum Gasteiger partial charge on any atom is 0.416 e. The highest BCUT2D eigenvalue weighted by atomic mass is 19.4. The normalized spacial score (nSPS) is 12.1. The summed E-state index contributed by atoms with van der Waals surface area (Å²) in [6.45, 7) is 0. The standard InChI is InChI=1S/C15H11F3N2O2/c16-15(17,18)12-5-1-4-11(10-12)14(21)20-19-8-2-6-13-7-3-9-22-13/h1-10H,(H,20,21). The van der Waals surface area contributed by atoms with Gasteiger partial charge in [-0.15, -0.1) is 0 Å². The molecule has 22 heavy (non-hydrogen) atoms. The average Bonchev–Trinajstić information content (AvgIpc) is 2.99. The molecule has 2 aromatic rings. The van der Waals surface area contributed by atoms with Crippen LogP contribution in [0.2, 0.25) is 0 Å². The summed E-state index contributed by atoms with van der Waals surface area (Å²) in [5.74, 6) is -0.121. The van der Waals surface area contributed by atoms with Crippen molar-refractivity contribution in [1.82, 2.24) is 5.43 Å². The lowest BCUT2D eigenvalue weighted by molar-refractivity contribution is -0.137. The lowest BCUT2D eigenvalue weighted by atomic mass is 10.1. The largest absolute Gasteiger partial charge is 0.465 e. The van der Waals surface area contributed by atoms with Crippen molar-refractivity contribution in [3.05, 3.63) is 65.6 Å². The molecule has 1 aromatic carbocycles. The number of hydrogen-bond donors (Lipinski definition) is 1. The zero-order valence-electron chi connectivity index (χ0n) is 11.2. The van der Waals surface area contributed by atoms with Gasteiger partial charge in [0.15, 0.2) is 0 Å². The average molecular weight is 308 g/mol. The van der Waals surface area contributed by atoms with Crippen LogP contribution in [0.15, 0.2) is 58.3 Å². The molecule has 4 nitrogen and oxygen atoms in total. The number of hydrazone groups is 1. The Morgan fingerprint density at radius 2 is 2.05 bits per heavy atom. The lowest BCUT2D eigenvalue weighted by Gasteiger charge is -2.07. The van der Waals surface area contributed by atoms with Crippen molar-refractivity contribution >= 4 is 18.2 Å². The predicted molar refractivity (Wildman–Crippen MR) is 75.1 cm³/mol. The van der Waals surface area contributed by atoms with E-state index in [9.17, 15) is 18.0 Å². The van der Waals surface area contributed by atoms with Crippen LogP contribution in [-0.2, 0) is 6.18 Å². The van der Waals surface area contributed by atoms with Gasteiger partial charge in [0.05, 0.1) is 11.8 Å². The second-order valence-corrected chi connectivity index (χ2v) is 4.17. The van der Waals surface area contributed by atoms with Gasteiger partial charge in [-0.3, -0.25) is 4.79 Å². The fourth-order valence-corrected chi connectivity index (χ4v) is 1.56. The van der Waals surface area contributed by atoms with Gasteiger partial charge in [-0.25, -0.2) is 5.43 Å². The van der Waals surface area contributed by atoms with E-state index in [-0.39, 0.29) is 5.56 Å². The number of amides is 1. The first kappa shape index (κ1) is 15.6. The summed E-state index contributed by atoms with van der Waals surface area (Å²) in [5.41, 5.74) is 1.13. The molecule has 1 N–H and O–H groups in total. The number of rotatable bonds is 4. The number of halogens is 3. The van der Waals surface area contributed by atoms with Gasteiger partial charge in [-0.1, -0.05) is 6.07 Å². The van der Waals surface area contributed by atoms with E-state index in [0.29, 0.717) is 5.76 Å². The molecule has 0 saturated carbocycles. The molecule has 0 aliphatic rings. The van der Waals surface area contributed by atoms with E-state index in [2.05, 4.69) is 10.5 Å². The number of furan rings is 1. The maximum absolute atomic E-state index is 12.5. The zero-order chi connectivity index (χ0) is 16.0. The van der Waals surface area contributed by atoms with Crippen LogP contribution in [-0.4, -0.2) is 12.1 Å². The third-order valence-corrected chi connectivity index (χ3v) is 2.58. The molecule has 0 atom stereocenters. The molecule has 1 amide bonds. The first-order valence-corrected chi connectivity index (χ1v) is 6.17. The van der Waals surface area contributed by atoms with Gasteiger partial charge in [-0.05, 0) is 42.5 Å². The fourth-order valence-electron chi connectivity index (χ4n) is 1.56. The van der Waals surface area contributed by atoms with E-state index in [1.165, 1.54) is 24.6 Å². The Morgan fingerprint density at radius 1 is 1.23 bits per heavy atom. The molecule has 0 radical (unpaired) electrons. The van der Waals surface area contributed by atoms with Gasteiger partial charge in [0.25, 0.3) is 5.91 Å². The van der Waals surface area contributed by atoms with E-state index >= 15 is 0 Å². The van der Waals surface area contributed by atoms with Crippen LogP contribution >= 0.6 is 0 Å². The molecule has 0 aliphatic carbocycles. The van der Waals surface area contributed by atoms with Crippen LogP contribution in [0, 0.1) is 0 Å². The molecule has 0 fully saturated rings. The molecular weight excluding hydrogens is 297 g/mol. The smallest absolute Gasteiger partial charge is 0.416 e. The molecule has 114 valence electrons. The summed E-state index contributed by atoms with van der Waals surface area (Å²) < 4.78 is 42.6. The lowest BCUT2D eigenvalue weighted by Crippen LogP contribution is -2.18. The number of carbonyl (C=O) groups excluding carboxylic acids is 1. The van der Waals surface area contributed by atoms with Gasteiger partial charge in [-0.2, -0.15) is 18.3 Å². The number of nitrogens with one attached hydrogen (secondary N) is 1. The van der Waals surface area contributed by atoms with Gasteiger partial charge < -0.3 is 4.42 Å². The third-order valence-electron chi connectivity index (χ3n) is 2.58. The minimum atomic E-state index is -4.49. The van der Waals surface area contributed by atoms with Crippen molar-refractivity contribution in [2.75, 3.05) is 0 Å². The summed E-state index contributed by atoms with van der Waals surface area (Å²) in [5, 5.41) is 3.60. The van der Waals surface area contributed by atoms with Gasteiger partial charge in [0.1, 0.15) is 5.76 Å². The number of alkyl halides is 3. The summed E-state index contributed by atoms with van der Waals surface area (Å²) in [4.78, 5) is 11.7. The molecule has 0 aliphatic heterocycles. The molecule has 7 heteroatoms. The van der Waals surface area contributed by atoms with Crippen molar-refractivity contribution in [3.63, 3.8) is 0 Å². The minimum Gasteiger partial charge on any atom is -0.465 e.